The van der Waals surface area contributed by atoms with Crippen molar-refractivity contribution in [1.82, 2.24) is 4.90 Å². The second-order valence-corrected chi connectivity index (χ2v) is 7.63. The minimum absolute atomic E-state index is 0.129. The smallest absolute Gasteiger partial charge is 0.244 e. The largest absolute Gasteiger partial charge is 0.495 e. The van der Waals surface area contributed by atoms with Crippen molar-refractivity contribution in [1.29, 1.82) is 0 Å². The SMILES string of the molecule is COc1ccc(Cl)cc1NC(=O)CN(C)C(=O)C1c2ccccc2Oc2ccccc21. The van der Waals surface area contributed by atoms with Crippen LogP contribution < -0.4 is 14.8 Å². The highest BCUT2D eigenvalue weighted by molar-refractivity contribution is 6.31. The van der Waals surface area contributed by atoms with E-state index in [1.807, 2.05) is 48.5 Å². The average Bonchev–Trinajstić information content (AvgIpc) is 2.77. The fourth-order valence-electron chi connectivity index (χ4n) is 3.66. The van der Waals surface area contributed by atoms with Crippen LogP contribution in [0, 0.1) is 0 Å². The fourth-order valence-corrected chi connectivity index (χ4v) is 3.83. The van der Waals surface area contributed by atoms with Crippen LogP contribution in [0.2, 0.25) is 5.02 Å². The Kier molecular flexibility index (Phi) is 5.82. The lowest BCUT2D eigenvalue weighted by atomic mass is 9.87. The highest BCUT2D eigenvalue weighted by Gasteiger charge is 2.34. The van der Waals surface area contributed by atoms with Crippen LogP contribution in [-0.4, -0.2) is 37.4 Å². The first-order valence-corrected chi connectivity index (χ1v) is 10.1. The molecule has 0 saturated carbocycles. The van der Waals surface area contributed by atoms with Gasteiger partial charge in [-0.3, -0.25) is 9.59 Å². The minimum atomic E-state index is -0.556. The van der Waals surface area contributed by atoms with Gasteiger partial charge in [-0.15, -0.1) is 0 Å². The van der Waals surface area contributed by atoms with Crippen molar-refractivity contribution in [3.8, 4) is 17.2 Å². The summed E-state index contributed by atoms with van der Waals surface area (Å²) < 4.78 is 11.2. The Labute approximate surface area is 185 Å². The Morgan fingerprint density at radius 3 is 2.26 bits per heavy atom. The number of hydrogen-bond donors (Lipinski definition) is 1. The van der Waals surface area contributed by atoms with Gasteiger partial charge in [0, 0.05) is 23.2 Å². The van der Waals surface area contributed by atoms with E-state index in [-0.39, 0.29) is 18.4 Å². The zero-order valence-electron chi connectivity index (χ0n) is 17.1. The van der Waals surface area contributed by atoms with E-state index in [4.69, 9.17) is 21.1 Å². The summed E-state index contributed by atoms with van der Waals surface area (Å²) in [5.41, 5.74) is 1.99. The number of carbonyl (C=O) groups is 2. The number of methoxy groups -OCH3 is 1. The summed E-state index contributed by atoms with van der Waals surface area (Å²) in [6.45, 7) is -0.129. The minimum Gasteiger partial charge on any atom is -0.495 e. The number of ether oxygens (including phenoxy) is 2. The van der Waals surface area contributed by atoms with Gasteiger partial charge in [-0.1, -0.05) is 48.0 Å². The van der Waals surface area contributed by atoms with E-state index in [0.717, 1.165) is 11.1 Å². The van der Waals surface area contributed by atoms with Crippen molar-refractivity contribution in [3.63, 3.8) is 0 Å². The molecule has 6 nitrogen and oxygen atoms in total. The van der Waals surface area contributed by atoms with Crippen LogP contribution in [0.5, 0.6) is 17.2 Å². The molecule has 0 saturated heterocycles. The molecule has 4 rings (SSSR count). The molecule has 0 spiro atoms. The van der Waals surface area contributed by atoms with Gasteiger partial charge in [0.05, 0.1) is 25.3 Å². The number of fused-ring (bicyclic) bond motifs is 2. The molecule has 0 aliphatic carbocycles. The lowest BCUT2D eigenvalue weighted by Crippen LogP contribution is -2.38. The first-order chi connectivity index (χ1) is 15.0. The van der Waals surface area contributed by atoms with E-state index in [1.165, 1.54) is 12.0 Å². The second-order valence-electron chi connectivity index (χ2n) is 7.20. The van der Waals surface area contributed by atoms with E-state index < -0.39 is 5.92 Å². The number of halogens is 1. The summed E-state index contributed by atoms with van der Waals surface area (Å²) in [6, 6.07) is 19.8. The number of nitrogens with one attached hydrogen (secondary N) is 1. The van der Waals surface area contributed by atoms with Gasteiger partial charge in [-0.2, -0.15) is 0 Å². The third-order valence-corrected chi connectivity index (χ3v) is 5.35. The Balaban J connectivity index is 1.55. The number of rotatable bonds is 5. The number of hydrogen-bond acceptors (Lipinski definition) is 4. The van der Waals surface area contributed by atoms with Gasteiger partial charge in [-0.25, -0.2) is 0 Å². The lowest BCUT2D eigenvalue weighted by molar-refractivity contribution is -0.134. The van der Waals surface area contributed by atoms with Gasteiger partial charge in [0.15, 0.2) is 0 Å². The first kappa shape index (κ1) is 20.8. The van der Waals surface area contributed by atoms with Crippen molar-refractivity contribution < 1.29 is 19.1 Å². The first-order valence-electron chi connectivity index (χ1n) is 9.72. The van der Waals surface area contributed by atoms with E-state index in [1.54, 1.807) is 25.2 Å². The van der Waals surface area contributed by atoms with Gasteiger partial charge in [0.25, 0.3) is 0 Å². The van der Waals surface area contributed by atoms with E-state index >= 15 is 0 Å². The van der Waals surface area contributed by atoms with Gasteiger partial charge in [0.1, 0.15) is 17.2 Å². The van der Waals surface area contributed by atoms with E-state index in [9.17, 15) is 9.59 Å². The Morgan fingerprint density at radius 1 is 1.03 bits per heavy atom. The van der Waals surface area contributed by atoms with Crippen molar-refractivity contribution in [3.05, 3.63) is 82.9 Å². The third-order valence-electron chi connectivity index (χ3n) is 5.12. The lowest BCUT2D eigenvalue weighted by Gasteiger charge is -2.30. The molecule has 158 valence electrons. The predicted molar refractivity (Wildman–Crippen MR) is 119 cm³/mol. The molecule has 3 aromatic rings. The van der Waals surface area contributed by atoms with Gasteiger partial charge in [-0.05, 0) is 30.3 Å². The summed E-state index contributed by atoms with van der Waals surface area (Å²) in [5.74, 6) is 0.655. The van der Waals surface area contributed by atoms with Crippen molar-refractivity contribution in [2.75, 3.05) is 26.0 Å². The summed E-state index contributed by atoms with van der Waals surface area (Å²) in [4.78, 5) is 27.5. The van der Waals surface area contributed by atoms with Gasteiger partial charge >= 0.3 is 0 Å². The second kappa shape index (κ2) is 8.70. The third kappa shape index (κ3) is 4.20. The van der Waals surface area contributed by atoms with Crippen LogP contribution in [0.4, 0.5) is 5.69 Å². The molecule has 0 bridgehead atoms. The Morgan fingerprint density at radius 2 is 1.65 bits per heavy atom. The number of amides is 2. The molecule has 0 atom stereocenters. The molecule has 1 aliphatic heterocycles. The zero-order valence-corrected chi connectivity index (χ0v) is 17.8. The van der Waals surface area contributed by atoms with Gasteiger partial charge in [0.2, 0.25) is 11.8 Å². The van der Waals surface area contributed by atoms with Crippen molar-refractivity contribution >= 4 is 29.1 Å². The highest BCUT2D eigenvalue weighted by atomic mass is 35.5. The molecule has 1 N–H and O–H groups in total. The van der Waals surface area contributed by atoms with E-state index in [0.29, 0.717) is 28.0 Å². The highest BCUT2D eigenvalue weighted by Crippen LogP contribution is 2.44. The zero-order chi connectivity index (χ0) is 22.0. The number of anilines is 1. The maximum atomic E-state index is 13.4. The van der Waals surface area contributed by atoms with E-state index in [2.05, 4.69) is 5.32 Å². The van der Waals surface area contributed by atoms with Crippen LogP contribution in [0.3, 0.4) is 0 Å². The molecule has 0 aromatic heterocycles. The molecule has 31 heavy (non-hydrogen) atoms. The number of para-hydroxylation sites is 2. The summed E-state index contributed by atoms with van der Waals surface area (Å²) in [7, 11) is 3.12. The fraction of sp³-hybridized carbons (Fsp3) is 0.167. The number of carbonyl (C=O) groups excluding carboxylic acids is 2. The summed E-state index contributed by atoms with van der Waals surface area (Å²) in [5, 5.41) is 3.23. The quantitative estimate of drug-likeness (QED) is 0.630. The molecule has 1 heterocycles. The monoisotopic (exact) mass is 436 g/mol. The maximum Gasteiger partial charge on any atom is 0.244 e. The Bertz CT molecular complexity index is 1100. The van der Waals surface area contributed by atoms with Crippen LogP contribution in [0.25, 0.3) is 0 Å². The normalized spacial score (nSPS) is 12.2. The van der Waals surface area contributed by atoms with Crippen LogP contribution in [0.15, 0.2) is 66.7 Å². The summed E-state index contributed by atoms with van der Waals surface area (Å²) >= 11 is 6.03. The van der Waals surface area contributed by atoms with Crippen LogP contribution in [-0.2, 0) is 9.59 Å². The molecule has 0 unspecified atom stereocenters. The van der Waals surface area contributed by atoms with Gasteiger partial charge < -0.3 is 19.7 Å². The predicted octanol–water partition coefficient (Wildman–Crippen LogP) is 4.68. The molecular weight excluding hydrogens is 416 g/mol. The molecule has 0 fully saturated rings. The van der Waals surface area contributed by atoms with Crippen molar-refractivity contribution in [2.24, 2.45) is 0 Å². The number of likely N-dealkylation sites (N-methyl/N-ethyl adjacent to an activating group) is 1. The molecule has 1 aliphatic rings. The molecule has 2 amide bonds. The van der Waals surface area contributed by atoms with Crippen molar-refractivity contribution in [2.45, 2.75) is 5.92 Å². The van der Waals surface area contributed by atoms with Crippen LogP contribution in [0.1, 0.15) is 17.0 Å². The maximum absolute atomic E-state index is 13.4. The number of nitrogens with zero attached hydrogens (tertiary/aromatic N) is 1. The molecular formula is C24H21ClN2O4. The van der Waals surface area contributed by atoms with Crippen LogP contribution >= 0.6 is 11.6 Å². The standard InChI is InChI=1S/C24H21ClN2O4/c1-27(14-22(28)26-18-13-15(25)11-12-21(18)30-2)24(29)23-16-7-3-5-9-19(16)31-20-10-6-4-8-17(20)23/h3-13,23H,14H2,1-2H3,(H,26,28). The summed E-state index contributed by atoms with van der Waals surface area (Å²) in [6.07, 6.45) is 0. The average molecular weight is 437 g/mol. The molecule has 0 radical (unpaired) electrons. The Hall–Kier alpha value is -3.51. The molecule has 7 heteroatoms. The molecule has 3 aromatic carbocycles. The number of benzene rings is 3. The topological polar surface area (TPSA) is 67.9 Å².